The molecule has 2 N–H and O–H groups in total. The fourth-order valence-electron chi connectivity index (χ4n) is 2.59. The van der Waals surface area contributed by atoms with E-state index in [0.717, 1.165) is 23.9 Å². The highest BCUT2D eigenvalue weighted by Crippen LogP contribution is 2.18. The van der Waals surface area contributed by atoms with Crippen LogP contribution in [0.5, 0.6) is 0 Å². The van der Waals surface area contributed by atoms with Crippen molar-refractivity contribution < 1.29 is 18.4 Å². The zero-order valence-electron chi connectivity index (χ0n) is 16.4. The van der Waals surface area contributed by atoms with Crippen molar-refractivity contribution >= 4 is 40.9 Å². The number of thioether (sulfide) groups is 1. The number of hydrogen-bond acceptors (Lipinski definition) is 5. The second-order valence-electron chi connectivity index (χ2n) is 6.43. The molecule has 1 aromatic heterocycles. The maximum atomic E-state index is 13.6. The van der Waals surface area contributed by atoms with Crippen LogP contribution in [0, 0.1) is 11.6 Å². The number of halogens is 3. The summed E-state index contributed by atoms with van der Waals surface area (Å²) in [6.45, 7) is 0.350. The second kappa shape index (κ2) is 10.4. The highest BCUT2D eigenvalue weighted by molar-refractivity contribution is 7.99. The molecule has 0 spiro atoms. The molecular weight excluding hydrogens is 448 g/mol. The number of aromatic nitrogens is 3. The van der Waals surface area contributed by atoms with Crippen molar-refractivity contribution in [2.45, 2.75) is 11.6 Å². The number of nitrogens with one attached hydrogen (secondary N) is 2. The quantitative estimate of drug-likeness (QED) is 0.497. The third-order valence-corrected chi connectivity index (χ3v) is 5.48. The van der Waals surface area contributed by atoms with Crippen molar-refractivity contribution in [2.75, 3.05) is 17.6 Å². The molecule has 0 radical (unpaired) electrons. The van der Waals surface area contributed by atoms with Crippen LogP contribution in [0.4, 0.5) is 14.5 Å². The average molecular weight is 466 g/mol. The van der Waals surface area contributed by atoms with Gasteiger partial charge in [-0.05, 0) is 36.4 Å². The molecule has 0 fully saturated rings. The third kappa shape index (κ3) is 6.25. The average Bonchev–Trinajstić information content (AvgIpc) is 3.08. The highest BCUT2D eigenvalue weighted by atomic mass is 35.5. The van der Waals surface area contributed by atoms with Gasteiger partial charge in [-0.1, -0.05) is 23.4 Å². The molecule has 31 heavy (non-hydrogen) atoms. The van der Waals surface area contributed by atoms with E-state index in [0.29, 0.717) is 40.6 Å². The second-order valence-corrected chi connectivity index (χ2v) is 7.81. The Labute approximate surface area is 186 Å². The lowest BCUT2D eigenvalue weighted by Gasteiger charge is -2.07. The van der Waals surface area contributed by atoms with Gasteiger partial charge in [0.2, 0.25) is 5.91 Å². The van der Waals surface area contributed by atoms with Crippen molar-refractivity contribution in [3.8, 4) is 0 Å². The Morgan fingerprint density at radius 3 is 2.58 bits per heavy atom. The van der Waals surface area contributed by atoms with Crippen molar-refractivity contribution in [3.63, 3.8) is 0 Å². The molecule has 0 aliphatic heterocycles. The van der Waals surface area contributed by atoms with Gasteiger partial charge in [-0.25, -0.2) is 8.78 Å². The Kier molecular flexibility index (Phi) is 7.59. The maximum Gasteiger partial charge on any atom is 0.251 e. The summed E-state index contributed by atoms with van der Waals surface area (Å²) in [7, 11) is 1.75. The highest BCUT2D eigenvalue weighted by Gasteiger charge is 2.13. The Hall–Kier alpha value is -2.98. The molecule has 0 atom stereocenters. The van der Waals surface area contributed by atoms with Crippen molar-refractivity contribution in [1.82, 2.24) is 20.1 Å². The van der Waals surface area contributed by atoms with E-state index < -0.39 is 17.5 Å². The smallest absolute Gasteiger partial charge is 0.251 e. The first-order valence-electron chi connectivity index (χ1n) is 9.13. The Morgan fingerprint density at radius 2 is 1.87 bits per heavy atom. The number of carbonyl (C=O) groups excluding carboxylic acids is 2. The van der Waals surface area contributed by atoms with Crippen molar-refractivity contribution in [3.05, 3.63) is 70.5 Å². The van der Waals surface area contributed by atoms with E-state index >= 15 is 0 Å². The molecule has 3 aromatic rings. The van der Waals surface area contributed by atoms with Gasteiger partial charge < -0.3 is 15.2 Å². The number of rotatable bonds is 8. The minimum atomic E-state index is -0.847. The van der Waals surface area contributed by atoms with E-state index in [9.17, 15) is 18.4 Å². The zero-order valence-corrected chi connectivity index (χ0v) is 17.9. The largest absolute Gasteiger partial charge is 0.352 e. The topological polar surface area (TPSA) is 88.9 Å². The van der Waals surface area contributed by atoms with E-state index in [1.807, 2.05) is 0 Å². The van der Waals surface area contributed by atoms with Gasteiger partial charge in [0.1, 0.15) is 17.5 Å². The van der Waals surface area contributed by atoms with Crippen LogP contribution in [0.3, 0.4) is 0 Å². The van der Waals surface area contributed by atoms with E-state index in [1.165, 1.54) is 0 Å². The van der Waals surface area contributed by atoms with E-state index in [-0.39, 0.29) is 17.3 Å². The fourth-order valence-corrected chi connectivity index (χ4v) is 3.44. The minimum absolute atomic E-state index is 0.0317. The number of carbonyl (C=O) groups is 2. The van der Waals surface area contributed by atoms with Gasteiger partial charge in [0.15, 0.2) is 5.16 Å². The summed E-state index contributed by atoms with van der Waals surface area (Å²) in [4.78, 5) is 24.2. The molecule has 2 amide bonds. The van der Waals surface area contributed by atoms with Crippen LogP contribution in [0.25, 0.3) is 0 Å². The summed E-state index contributed by atoms with van der Waals surface area (Å²) in [5.74, 6) is -1.66. The summed E-state index contributed by atoms with van der Waals surface area (Å²) < 4.78 is 28.3. The molecule has 7 nitrogen and oxygen atoms in total. The lowest BCUT2D eigenvalue weighted by atomic mass is 10.2. The first kappa shape index (κ1) is 22.7. The van der Waals surface area contributed by atoms with Gasteiger partial charge in [0.25, 0.3) is 5.91 Å². The number of benzene rings is 2. The molecule has 2 aromatic carbocycles. The molecule has 0 unspecified atom stereocenters. The summed E-state index contributed by atoms with van der Waals surface area (Å²) in [5.41, 5.74) is 0.407. The van der Waals surface area contributed by atoms with Crippen LogP contribution in [-0.4, -0.2) is 38.9 Å². The third-order valence-electron chi connectivity index (χ3n) is 4.20. The summed E-state index contributed by atoms with van der Waals surface area (Å²) in [5, 5.41) is 14.3. The van der Waals surface area contributed by atoms with E-state index in [1.54, 1.807) is 35.9 Å². The van der Waals surface area contributed by atoms with E-state index in [2.05, 4.69) is 20.8 Å². The summed E-state index contributed by atoms with van der Waals surface area (Å²) in [6, 6.07) is 9.48. The molecule has 162 valence electrons. The van der Waals surface area contributed by atoms with E-state index in [4.69, 9.17) is 11.6 Å². The van der Waals surface area contributed by atoms with Gasteiger partial charge >= 0.3 is 0 Å². The summed E-state index contributed by atoms with van der Waals surface area (Å²) in [6.07, 6.45) is 0.441. The molecule has 0 saturated carbocycles. The normalized spacial score (nSPS) is 10.7. The maximum absolute atomic E-state index is 13.6. The van der Waals surface area contributed by atoms with Gasteiger partial charge in [0, 0.05) is 36.7 Å². The molecule has 0 aliphatic rings. The van der Waals surface area contributed by atoms with Crippen LogP contribution in [-0.2, 0) is 18.3 Å². The first-order valence-corrected chi connectivity index (χ1v) is 10.5. The lowest BCUT2D eigenvalue weighted by molar-refractivity contribution is -0.113. The molecule has 0 bridgehead atoms. The number of nitrogens with zero attached hydrogens (tertiary/aromatic N) is 3. The van der Waals surface area contributed by atoms with Gasteiger partial charge in [-0.2, -0.15) is 0 Å². The Balaban J connectivity index is 1.47. The summed E-state index contributed by atoms with van der Waals surface area (Å²) >= 11 is 6.93. The molecule has 11 heteroatoms. The van der Waals surface area contributed by atoms with Crippen LogP contribution < -0.4 is 10.6 Å². The van der Waals surface area contributed by atoms with Crippen LogP contribution in [0.1, 0.15) is 16.2 Å². The van der Waals surface area contributed by atoms with Crippen molar-refractivity contribution in [2.24, 2.45) is 7.05 Å². The Morgan fingerprint density at radius 1 is 1.13 bits per heavy atom. The van der Waals surface area contributed by atoms with Crippen LogP contribution >= 0.6 is 23.4 Å². The van der Waals surface area contributed by atoms with Gasteiger partial charge in [-0.15, -0.1) is 10.2 Å². The number of amides is 2. The predicted octanol–water partition coefficient (Wildman–Crippen LogP) is 3.45. The molecule has 1 heterocycles. The SMILES string of the molecule is Cn1c(CCNC(=O)c2ccc(Cl)cc2)nnc1SCC(=O)Nc1ccc(F)cc1F. The molecule has 0 saturated heterocycles. The van der Waals surface area contributed by atoms with Crippen LogP contribution in [0.2, 0.25) is 5.02 Å². The molecule has 0 aliphatic carbocycles. The molecule has 3 rings (SSSR count). The lowest BCUT2D eigenvalue weighted by Crippen LogP contribution is -2.26. The first-order chi connectivity index (χ1) is 14.8. The molecular formula is C20H18ClF2N5O2S. The number of anilines is 1. The fraction of sp³-hybridized carbons (Fsp3) is 0.200. The predicted molar refractivity (Wildman–Crippen MR) is 114 cm³/mol. The monoisotopic (exact) mass is 465 g/mol. The standard InChI is InChI=1S/C20H18ClF2N5O2S/c1-28-17(8-9-24-19(30)12-2-4-13(21)5-3-12)26-27-20(28)31-11-18(29)25-16-7-6-14(22)10-15(16)23/h2-7,10H,8-9,11H2,1H3,(H,24,30)(H,25,29). The van der Waals surface area contributed by atoms with Gasteiger partial charge in [0.05, 0.1) is 11.4 Å². The minimum Gasteiger partial charge on any atom is -0.352 e. The van der Waals surface area contributed by atoms with Crippen molar-refractivity contribution in [1.29, 1.82) is 0 Å². The van der Waals surface area contributed by atoms with Crippen LogP contribution in [0.15, 0.2) is 47.6 Å². The van der Waals surface area contributed by atoms with Gasteiger partial charge in [-0.3, -0.25) is 9.59 Å². The number of hydrogen-bond donors (Lipinski definition) is 2. The Bertz CT molecular complexity index is 1090. The zero-order chi connectivity index (χ0) is 22.4.